The van der Waals surface area contributed by atoms with E-state index in [0.717, 1.165) is 35.4 Å². The molecule has 0 saturated carbocycles. The lowest BCUT2D eigenvalue weighted by atomic mass is 10.2. The first kappa shape index (κ1) is 12.9. The largest absolute Gasteiger partial charge is 0.371 e. The van der Waals surface area contributed by atoms with Crippen LogP contribution in [0.4, 0.5) is 5.82 Å². The molecule has 3 rings (SSSR count). The maximum absolute atomic E-state index is 5.87. The summed E-state index contributed by atoms with van der Waals surface area (Å²) in [6, 6.07) is 2.08. The van der Waals surface area contributed by atoms with Crippen molar-refractivity contribution < 1.29 is 4.74 Å². The first-order valence-corrected chi connectivity index (χ1v) is 7.57. The Kier molecular flexibility index (Phi) is 3.45. The number of ether oxygens (including phenoxy) is 1. The summed E-state index contributed by atoms with van der Waals surface area (Å²) in [5.74, 6) is 0.990. The fourth-order valence-corrected chi connectivity index (χ4v) is 2.93. The van der Waals surface area contributed by atoms with Crippen molar-refractivity contribution in [3.63, 3.8) is 0 Å². The molecule has 2 aromatic rings. The Morgan fingerprint density at radius 1 is 1.47 bits per heavy atom. The number of anilines is 1. The molecule has 0 bridgehead atoms. The molecule has 0 aromatic carbocycles. The van der Waals surface area contributed by atoms with E-state index in [4.69, 9.17) is 4.74 Å². The van der Waals surface area contributed by atoms with Crippen molar-refractivity contribution in [2.24, 2.45) is 0 Å². The Morgan fingerprint density at radius 2 is 2.32 bits per heavy atom. The van der Waals surface area contributed by atoms with Crippen molar-refractivity contribution in [2.75, 3.05) is 23.3 Å². The molecular formula is C13H17BrN4O. The van der Waals surface area contributed by atoms with E-state index in [0.29, 0.717) is 0 Å². The van der Waals surface area contributed by atoms with Gasteiger partial charge in [-0.1, -0.05) is 15.9 Å². The third-order valence-corrected chi connectivity index (χ3v) is 4.01. The van der Waals surface area contributed by atoms with Gasteiger partial charge in [-0.25, -0.2) is 9.50 Å². The fraction of sp³-hybridized carbons (Fsp3) is 0.538. The third-order valence-electron chi connectivity index (χ3n) is 3.29. The number of rotatable bonds is 2. The predicted octanol–water partition coefficient (Wildman–Crippen LogP) is 2.03. The third kappa shape index (κ3) is 2.47. The summed E-state index contributed by atoms with van der Waals surface area (Å²) in [5.41, 5.74) is 2.06. The van der Waals surface area contributed by atoms with Crippen LogP contribution in [0, 0.1) is 6.92 Å². The number of halogens is 1. The molecule has 0 aliphatic carbocycles. The maximum atomic E-state index is 5.87. The maximum Gasteiger partial charge on any atom is 0.154 e. The Hall–Kier alpha value is -1.14. The number of alkyl halides is 1. The lowest BCUT2D eigenvalue weighted by Gasteiger charge is -2.37. The van der Waals surface area contributed by atoms with E-state index in [1.54, 1.807) is 6.20 Å². The molecule has 2 atom stereocenters. The van der Waals surface area contributed by atoms with Crippen LogP contribution in [-0.4, -0.2) is 45.2 Å². The highest BCUT2D eigenvalue weighted by molar-refractivity contribution is 9.09. The molecule has 3 heterocycles. The second-order valence-electron chi connectivity index (χ2n) is 4.99. The number of nitrogens with zero attached hydrogens (tertiary/aromatic N) is 4. The van der Waals surface area contributed by atoms with Crippen molar-refractivity contribution in [2.45, 2.75) is 26.1 Å². The van der Waals surface area contributed by atoms with Gasteiger partial charge in [0.25, 0.3) is 0 Å². The van der Waals surface area contributed by atoms with Crippen molar-refractivity contribution in [3.05, 3.63) is 24.2 Å². The van der Waals surface area contributed by atoms with Gasteiger partial charge in [0.1, 0.15) is 5.52 Å². The number of aryl methyl sites for hydroxylation is 1. The van der Waals surface area contributed by atoms with E-state index in [-0.39, 0.29) is 12.2 Å². The van der Waals surface area contributed by atoms with Crippen LogP contribution in [0.1, 0.15) is 12.6 Å². The van der Waals surface area contributed by atoms with Gasteiger partial charge in [0, 0.05) is 30.8 Å². The zero-order chi connectivity index (χ0) is 13.4. The van der Waals surface area contributed by atoms with Gasteiger partial charge in [-0.3, -0.25) is 0 Å². The molecule has 1 fully saturated rings. The van der Waals surface area contributed by atoms with Gasteiger partial charge in [0.2, 0.25) is 0 Å². The van der Waals surface area contributed by atoms with Crippen molar-refractivity contribution in [3.8, 4) is 0 Å². The molecule has 0 amide bonds. The SMILES string of the molecule is Cc1cc2c(N3CC(C)OC(CBr)C3)nccn2n1. The van der Waals surface area contributed by atoms with Crippen molar-refractivity contribution in [1.82, 2.24) is 14.6 Å². The van der Waals surface area contributed by atoms with Crippen LogP contribution < -0.4 is 4.90 Å². The molecule has 1 saturated heterocycles. The number of aromatic nitrogens is 3. The van der Waals surface area contributed by atoms with Crippen LogP contribution in [0.5, 0.6) is 0 Å². The molecular weight excluding hydrogens is 308 g/mol. The van der Waals surface area contributed by atoms with E-state index >= 15 is 0 Å². The average molecular weight is 325 g/mol. The quantitative estimate of drug-likeness (QED) is 0.793. The van der Waals surface area contributed by atoms with Crippen molar-refractivity contribution >= 4 is 27.3 Å². The highest BCUT2D eigenvalue weighted by Gasteiger charge is 2.26. The van der Waals surface area contributed by atoms with E-state index in [2.05, 4.69) is 43.9 Å². The monoisotopic (exact) mass is 324 g/mol. The molecule has 1 aliphatic rings. The van der Waals surface area contributed by atoms with Crippen LogP contribution in [0.2, 0.25) is 0 Å². The molecule has 6 heteroatoms. The standard InChI is InChI=1S/C13H17BrN4O/c1-9-5-12-13(15-3-4-18(12)16-9)17-7-10(2)19-11(6-14)8-17/h3-5,10-11H,6-8H2,1-2H3. The summed E-state index contributed by atoms with van der Waals surface area (Å²) >= 11 is 3.50. The summed E-state index contributed by atoms with van der Waals surface area (Å²) < 4.78 is 7.76. The minimum Gasteiger partial charge on any atom is -0.371 e. The Balaban J connectivity index is 1.98. The minimum absolute atomic E-state index is 0.204. The first-order chi connectivity index (χ1) is 9.17. The van der Waals surface area contributed by atoms with Gasteiger partial charge < -0.3 is 9.64 Å². The Bertz CT molecular complexity index is 585. The molecule has 0 N–H and O–H groups in total. The zero-order valence-electron chi connectivity index (χ0n) is 11.1. The first-order valence-electron chi connectivity index (χ1n) is 6.44. The van der Waals surface area contributed by atoms with Gasteiger partial charge >= 0.3 is 0 Å². The van der Waals surface area contributed by atoms with E-state index < -0.39 is 0 Å². The van der Waals surface area contributed by atoms with Crippen LogP contribution >= 0.6 is 15.9 Å². The molecule has 1 aliphatic heterocycles. The van der Waals surface area contributed by atoms with Crippen LogP contribution in [0.3, 0.4) is 0 Å². The summed E-state index contributed by atoms with van der Waals surface area (Å²) in [7, 11) is 0. The molecule has 2 unspecified atom stereocenters. The van der Waals surface area contributed by atoms with E-state index in [9.17, 15) is 0 Å². The van der Waals surface area contributed by atoms with Crippen LogP contribution in [-0.2, 0) is 4.74 Å². The van der Waals surface area contributed by atoms with Gasteiger partial charge in [-0.2, -0.15) is 5.10 Å². The van der Waals surface area contributed by atoms with Crippen LogP contribution in [0.25, 0.3) is 5.52 Å². The molecule has 102 valence electrons. The van der Waals surface area contributed by atoms with Gasteiger partial charge in [-0.15, -0.1) is 0 Å². The lowest BCUT2D eigenvalue weighted by molar-refractivity contribution is -0.00216. The minimum atomic E-state index is 0.204. The van der Waals surface area contributed by atoms with Gasteiger partial charge in [0.05, 0.1) is 17.9 Å². The van der Waals surface area contributed by atoms with Crippen LogP contribution in [0.15, 0.2) is 18.5 Å². The number of hydrogen-bond donors (Lipinski definition) is 0. The topological polar surface area (TPSA) is 42.7 Å². The number of hydrogen-bond acceptors (Lipinski definition) is 4. The van der Waals surface area contributed by atoms with E-state index in [1.807, 2.05) is 17.6 Å². The summed E-state index contributed by atoms with van der Waals surface area (Å²) in [6.45, 7) is 5.82. The highest BCUT2D eigenvalue weighted by Crippen LogP contribution is 2.23. The number of morpholine rings is 1. The molecule has 2 aromatic heterocycles. The normalized spacial score (nSPS) is 24.1. The average Bonchev–Trinajstić information content (AvgIpc) is 2.77. The number of fused-ring (bicyclic) bond motifs is 1. The summed E-state index contributed by atoms with van der Waals surface area (Å²) in [6.07, 6.45) is 4.10. The molecule has 5 nitrogen and oxygen atoms in total. The molecule has 19 heavy (non-hydrogen) atoms. The van der Waals surface area contributed by atoms with E-state index in [1.165, 1.54) is 0 Å². The van der Waals surface area contributed by atoms with Gasteiger partial charge in [0.15, 0.2) is 5.82 Å². The Labute approximate surface area is 120 Å². The summed E-state index contributed by atoms with van der Waals surface area (Å²) in [4.78, 5) is 6.83. The zero-order valence-corrected chi connectivity index (χ0v) is 12.7. The second-order valence-corrected chi connectivity index (χ2v) is 5.64. The Morgan fingerprint density at radius 3 is 3.11 bits per heavy atom. The molecule has 0 spiro atoms. The lowest BCUT2D eigenvalue weighted by Crippen LogP contribution is -2.47. The fourth-order valence-electron chi connectivity index (χ4n) is 2.58. The predicted molar refractivity (Wildman–Crippen MR) is 78.1 cm³/mol. The summed E-state index contributed by atoms with van der Waals surface area (Å²) in [5, 5.41) is 5.28. The highest BCUT2D eigenvalue weighted by atomic mass is 79.9. The smallest absolute Gasteiger partial charge is 0.154 e. The molecule has 0 radical (unpaired) electrons. The van der Waals surface area contributed by atoms with Gasteiger partial charge in [-0.05, 0) is 19.9 Å². The van der Waals surface area contributed by atoms with Crippen molar-refractivity contribution in [1.29, 1.82) is 0 Å². The second kappa shape index (κ2) is 5.09.